The van der Waals surface area contributed by atoms with E-state index < -0.39 is 0 Å². The molecule has 1 heterocycles. The Hall–Kier alpha value is -1.32. The van der Waals surface area contributed by atoms with Crippen molar-refractivity contribution in [3.05, 3.63) is 12.7 Å². The lowest BCUT2D eigenvalue weighted by Crippen LogP contribution is -2.49. The molecule has 0 aromatic carbocycles. The Bertz CT molecular complexity index is 376. The van der Waals surface area contributed by atoms with Crippen molar-refractivity contribution >= 4 is 11.9 Å². The summed E-state index contributed by atoms with van der Waals surface area (Å²) in [5, 5.41) is 0. The van der Waals surface area contributed by atoms with Gasteiger partial charge in [-0.05, 0) is 25.2 Å². The van der Waals surface area contributed by atoms with Gasteiger partial charge in [0.1, 0.15) is 6.10 Å². The molecule has 2 bridgehead atoms. The van der Waals surface area contributed by atoms with E-state index in [4.69, 9.17) is 9.47 Å². The molecule has 1 aliphatic heterocycles. The molecule has 4 heteroatoms. The van der Waals surface area contributed by atoms with Crippen molar-refractivity contribution < 1.29 is 19.1 Å². The predicted octanol–water partition coefficient (Wildman–Crippen LogP) is 1.30. The number of hydrogen-bond acceptors (Lipinski definition) is 4. The fraction of sp³-hybridized carbons (Fsp3) is 0.692. The molecule has 0 aromatic heterocycles. The third kappa shape index (κ3) is 1.58. The zero-order valence-corrected chi connectivity index (χ0v) is 9.63. The molecule has 5 atom stereocenters. The standard InChI is InChI=1S/C13H16O4/c1-2-11(14)17-10-5-7-3-4-8(10)9-6-16-13(15)12(7)9/h2,7-10,12H,1,3-6H2. The van der Waals surface area contributed by atoms with Crippen molar-refractivity contribution in [1.82, 2.24) is 0 Å². The van der Waals surface area contributed by atoms with Crippen molar-refractivity contribution in [1.29, 1.82) is 0 Å². The number of ether oxygens (including phenoxy) is 2. The van der Waals surface area contributed by atoms with E-state index in [2.05, 4.69) is 6.58 Å². The molecule has 4 aliphatic rings. The SMILES string of the molecule is C=CC(=O)OC1CC2CCC1C1COC(=O)C21. The molecule has 4 nitrogen and oxygen atoms in total. The first-order chi connectivity index (χ1) is 8.20. The Balaban J connectivity index is 1.78. The van der Waals surface area contributed by atoms with Gasteiger partial charge in [0.15, 0.2) is 0 Å². The molecule has 0 aromatic rings. The predicted molar refractivity (Wildman–Crippen MR) is 58.8 cm³/mol. The van der Waals surface area contributed by atoms with E-state index >= 15 is 0 Å². The summed E-state index contributed by atoms with van der Waals surface area (Å²) in [6.07, 6.45) is 4.06. The molecule has 1 saturated heterocycles. The number of fused-ring (bicyclic) bond motifs is 2. The number of rotatable bonds is 2. The Morgan fingerprint density at radius 3 is 3.00 bits per heavy atom. The van der Waals surface area contributed by atoms with E-state index in [1.807, 2.05) is 0 Å². The second-order valence-electron chi connectivity index (χ2n) is 5.24. The molecule has 0 radical (unpaired) electrons. The largest absolute Gasteiger partial charge is 0.465 e. The highest BCUT2D eigenvalue weighted by Gasteiger charge is 2.56. The van der Waals surface area contributed by atoms with E-state index in [1.54, 1.807) is 0 Å². The summed E-state index contributed by atoms with van der Waals surface area (Å²) in [5.74, 6) is 0.551. The van der Waals surface area contributed by atoms with Gasteiger partial charge in [0.25, 0.3) is 0 Å². The summed E-state index contributed by atoms with van der Waals surface area (Å²) in [6, 6.07) is 0. The van der Waals surface area contributed by atoms with Gasteiger partial charge in [-0.2, -0.15) is 0 Å². The molecular formula is C13H16O4. The maximum Gasteiger partial charge on any atom is 0.330 e. The monoisotopic (exact) mass is 236 g/mol. The van der Waals surface area contributed by atoms with Crippen LogP contribution in [-0.4, -0.2) is 24.6 Å². The molecule has 0 amide bonds. The summed E-state index contributed by atoms with van der Waals surface area (Å²) < 4.78 is 10.6. The molecule has 0 spiro atoms. The fourth-order valence-corrected chi connectivity index (χ4v) is 3.82. The number of hydrogen-bond donors (Lipinski definition) is 0. The number of esters is 2. The summed E-state index contributed by atoms with van der Waals surface area (Å²) in [6.45, 7) is 3.92. The van der Waals surface area contributed by atoms with Crippen LogP contribution in [0.15, 0.2) is 12.7 Å². The Kier molecular flexibility index (Phi) is 2.45. The van der Waals surface area contributed by atoms with Crippen LogP contribution >= 0.6 is 0 Å². The van der Waals surface area contributed by atoms with Gasteiger partial charge in [-0.3, -0.25) is 4.79 Å². The fourth-order valence-electron chi connectivity index (χ4n) is 3.82. The average Bonchev–Trinajstić information content (AvgIpc) is 2.74. The number of carbonyl (C=O) groups excluding carboxylic acids is 2. The third-order valence-electron chi connectivity index (χ3n) is 4.53. The lowest BCUT2D eigenvalue weighted by molar-refractivity contribution is -0.159. The minimum absolute atomic E-state index is 0.0433. The van der Waals surface area contributed by atoms with Gasteiger partial charge in [-0.15, -0.1) is 0 Å². The minimum Gasteiger partial charge on any atom is -0.465 e. The molecule has 0 N–H and O–H groups in total. The third-order valence-corrected chi connectivity index (χ3v) is 4.53. The summed E-state index contributed by atoms with van der Waals surface area (Å²) >= 11 is 0. The second kappa shape index (κ2) is 3.86. The van der Waals surface area contributed by atoms with Crippen LogP contribution in [0.2, 0.25) is 0 Å². The van der Waals surface area contributed by atoms with Crippen LogP contribution in [0, 0.1) is 23.7 Å². The number of cyclic esters (lactones) is 1. The van der Waals surface area contributed by atoms with Gasteiger partial charge >= 0.3 is 11.9 Å². The topological polar surface area (TPSA) is 52.6 Å². The van der Waals surface area contributed by atoms with Gasteiger partial charge in [0, 0.05) is 17.9 Å². The Morgan fingerprint density at radius 2 is 2.24 bits per heavy atom. The lowest BCUT2D eigenvalue weighted by Gasteiger charge is -2.47. The van der Waals surface area contributed by atoms with Crippen molar-refractivity contribution in [3.8, 4) is 0 Å². The lowest BCUT2D eigenvalue weighted by atomic mass is 9.58. The maximum absolute atomic E-state index is 11.6. The highest BCUT2D eigenvalue weighted by atomic mass is 16.5. The zero-order valence-electron chi connectivity index (χ0n) is 9.63. The van der Waals surface area contributed by atoms with Crippen LogP contribution in [0.1, 0.15) is 19.3 Å². The molecule has 92 valence electrons. The van der Waals surface area contributed by atoms with Crippen LogP contribution in [-0.2, 0) is 19.1 Å². The minimum atomic E-state index is -0.357. The van der Waals surface area contributed by atoms with Crippen molar-refractivity contribution in [2.75, 3.05) is 6.61 Å². The second-order valence-corrected chi connectivity index (χ2v) is 5.24. The van der Waals surface area contributed by atoms with E-state index in [1.165, 1.54) is 6.08 Å². The summed E-state index contributed by atoms with van der Waals surface area (Å²) in [7, 11) is 0. The quantitative estimate of drug-likeness (QED) is 0.535. The molecule has 5 unspecified atom stereocenters. The van der Waals surface area contributed by atoms with Gasteiger partial charge in [0.05, 0.1) is 12.5 Å². The summed E-state index contributed by atoms with van der Waals surface area (Å²) in [4.78, 5) is 22.9. The molecule has 17 heavy (non-hydrogen) atoms. The van der Waals surface area contributed by atoms with Crippen LogP contribution < -0.4 is 0 Å². The van der Waals surface area contributed by atoms with Gasteiger partial charge in [0.2, 0.25) is 0 Å². The molecule has 3 saturated carbocycles. The Morgan fingerprint density at radius 1 is 1.41 bits per heavy atom. The van der Waals surface area contributed by atoms with Gasteiger partial charge in [-0.25, -0.2) is 4.79 Å². The van der Waals surface area contributed by atoms with Crippen molar-refractivity contribution in [2.45, 2.75) is 25.4 Å². The van der Waals surface area contributed by atoms with Gasteiger partial charge < -0.3 is 9.47 Å². The zero-order chi connectivity index (χ0) is 12.0. The molecule has 3 aliphatic carbocycles. The average molecular weight is 236 g/mol. The highest BCUT2D eigenvalue weighted by molar-refractivity contribution is 5.81. The van der Waals surface area contributed by atoms with E-state index in [9.17, 15) is 9.59 Å². The van der Waals surface area contributed by atoms with Crippen LogP contribution in [0.5, 0.6) is 0 Å². The first kappa shape index (κ1) is 10.8. The first-order valence-corrected chi connectivity index (χ1v) is 6.20. The number of carbonyl (C=O) groups is 2. The van der Waals surface area contributed by atoms with E-state index in [0.29, 0.717) is 18.4 Å². The van der Waals surface area contributed by atoms with Crippen molar-refractivity contribution in [2.24, 2.45) is 23.7 Å². The van der Waals surface area contributed by atoms with E-state index in [0.717, 1.165) is 19.3 Å². The summed E-state index contributed by atoms with van der Waals surface area (Å²) in [5.41, 5.74) is 0. The van der Waals surface area contributed by atoms with Crippen LogP contribution in [0.25, 0.3) is 0 Å². The Labute approximate surface area is 100.0 Å². The first-order valence-electron chi connectivity index (χ1n) is 6.20. The van der Waals surface area contributed by atoms with Crippen LogP contribution in [0.3, 0.4) is 0 Å². The highest BCUT2D eigenvalue weighted by Crippen LogP contribution is 2.52. The molecular weight excluding hydrogens is 220 g/mol. The molecule has 4 fully saturated rings. The normalized spacial score (nSPS) is 42.8. The van der Waals surface area contributed by atoms with E-state index in [-0.39, 0.29) is 29.9 Å². The maximum atomic E-state index is 11.6. The molecule has 4 rings (SSSR count). The van der Waals surface area contributed by atoms with Crippen molar-refractivity contribution in [3.63, 3.8) is 0 Å². The van der Waals surface area contributed by atoms with Gasteiger partial charge in [-0.1, -0.05) is 6.58 Å². The van der Waals surface area contributed by atoms with Crippen LogP contribution in [0.4, 0.5) is 0 Å². The smallest absolute Gasteiger partial charge is 0.330 e.